The first-order valence-corrected chi connectivity index (χ1v) is 8.46. The van der Waals surface area contributed by atoms with E-state index in [4.69, 9.17) is 16.3 Å². The normalized spacial score (nSPS) is 20.0. The number of aromatic nitrogens is 3. The SMILES string of the molecule is COCCNC1CC2(C1)CN(c1ncnn3c(Cl)cc(C)c13)C2. The first-order valence-electron chi connectivity index (χ1n) is 8.08. The molecule has 1 spiro atoms. The van der Waals surface area contributed by atoms with Crippen LogP contribution in [0.5, 0.6) is 0 Å². The van der Waals surface area contributed by atoms with Gasteiger partial charge in [0.25, 0.3) is 0 Å². The van der Waals surface area contributed by atoms with E-state index in [1.807, 2.05) is 6.07 Å². The maximum absolute atomic E-state index is 6.23. The van der Waals surface area contributed by atoms with Gasteiger partial charge in [-0.25, -0.2) is 9.50 Å². The molecule has 124 valence electrons. The van der Waals surface area contributed by atoms with E-state index in [0.717, 1.165) is 43.1 Å². The van der Waals surface area contributed by atoms with Crippen molar-refractivity contribution in [1.82, 2.24) is 19.9 Å². The Bertz CT molecular complexity index is 717. The highest BCUT2D eigenvalue weighted by atomic mass is 35.5. The summed E-state index contributed by atoms with van der Waals surface area (Å²) in [5.41, 5.74) is 2.62. The Labute approximate surface area is 140 Å². The maximum atomic E-state index is 6.23. The first-order chi connectivity index (χ1) is 11.1. The van der Waals surface area contributed by atoms with Crippen LogP contribution in [-0.2, 0) is 4.74 Å². The molecule has 0 bridgehead atoms. The lowest BCUT2D eigenvalue weighted by Gasteiger charge is -2.59. The van der Waals surface area contributed by atoms with Crippen LogP contribution >= 0.6 is 11.6 Å². The molecule has 23 heavy (non-hydrogen) atoms. The van der Waals surface area contributed by atoms with Crippen LogP contribution in [0.4, 0.5) is 5.82 Å². The van der Waals surface area contributed by atoms with Crippen molar-refractivity contribution < 1.29 is 4.74 Å². The Balaban J connectivity index is 1.42. The standard InChI is InChI=1S/C16H22ClN5O/c1-11-5-13(17)22-14(11)15(19-10-20-22)21-8-16(9-21)6-12(7-16)18-3-4-23-2/h5,10,12,18H,3-4,6-9H2,1-2H3. The van der Waals surface area contributed by atoms with Crippen molar-refractivity contribution in [2.24, 2.45) is 5.41 Å². The van der Waals surface area contributed by atoms with Crippen molar-refractivity contribution >= 4 is 22.9 Å². The third kappa shape index (κ3) is 2.49. The Morgan fingerprint density at radius 3 is 2.96 bits per heavy atom. The minimum absolute atomic E-state index is 0.469. The van der Waals surface area contributed by atoms with Crippen LogP contribution in [-0.4, -0.2) is 54.0 Å². The van der Waals surface area contributed by atoms with Crippen LogP contribution in [0.1, 0.15) is 18.4 Å². The number of aryl methyl sites for hydroxylation is 1. The van der Waals surface area contributed by atoms with E-state index in [0.29, 0.717) is 16.6 Å². The zero-order valence-corrected chi connectivity index (χ0v) is 14.3. The number of hydrogen-bond acceptors (Lipinski definition) is 5. The Kier molecular flexibility index (Phi) is 3.70. The average Bonchev–Trinajstić information content (AvgIpc) is 2.75. The highest BCUT2D eigenvalue weighted by Gasteiger charge is 2.52. The molecule has 0 aromatic carbocycles. The van der Waals surface area contributed by atoms with E-state index in [1.54, 1.807) is 18.0 Å². The van der Waals surface area contributed by atoms with Gasteiger partial charge in [0.05, 0.1) is 6.61 Å². The van der Waals surface area contributed by atoms with Crippen LogP contribution in [0.25, 0.3) is 5.52 Å². The molecule has 7 heteroatoms. The van der Waals surface area contributed by atoms with Gasteiger partial charge in [0.2, 0.25) is 0 Å². The van der Waals surface area contributed by atoms with Crippen molar-refractivity contribution in [3.8, 4) is 0 Å². The van der Waals surface area contributed by atoms with Crippen molar-refractivity contribution in [2.75, 3.05) is 38.3 Å². The van der Waals surface area contributed by atoms with Crippen LogP contribution in [0, 0.1) is 12.3 Å². The Hall–Kier alpha value is -1.37. The average molecular weight is 336 g/mol. The highest BCUT2D eigenvalue weighted by Crippen LogP contribution is 2.50. The molecule has 6 nitrogen and oxygen atoms in total. The molecule has 4 rings (SSSR count). The van der Waals surface area contributed by atoms with Gasteiger partial charge in [-0.2, -0.15) is 5.10 Å². The molecule has 2 aliphatic rings. The number of fused-ring (bicyclic) bond motifs is 1. The molecule has 0 amide bonds. The highest BCUT2D eigenvalue weighted by molar-refractivity contribution is 6.30. The lowest BCUT2D eigenvalue weighted by atomic mass is 9.60. The predicted octanol–water partition coefficient (Wildman–Crippen LogP) is 1.90. The molecule has 0 atom stereocenters. The lowest BCUT2D eigenvalue weighted by Crippen LogP contribution is -2.66. The van der Waals surface area contributed by atoms with Crippen molar-refractivity contribution in [2.45, 2.75) is 25.8 Å². The summed E-state index contributed by atoms with van der Waals surface area (Å²) in [7, 11) is 1.74. The molecule has 1 aliphatic carbocycles. The largest absolute Gasteiger partial charge is 0.383 e. The Morgan fingerprint density at radius 1 is 1.43 bits per heavy atom. The topological polar surface area (TPSA) is 54.7 Å². The fourth-order valence-corrected chi connectivity index (χ4v) is 4.35. The molecule has 0 radical (unpaired) electrons. The number of nitrogens with one attached hydrogen (secondary N) is 1. The number of nitrogens with zero attached hydrogens (tertiary/aromatic N) is 4. The predicted molar refractivity (Wildman–Crippen MR) is 90.3 cm³/mol. The molecule has 1 aliphatic heterocycles. The molecule has 1 saturated carbocycles. The first kappa shape index (κ1) is 15.2. The summed E-state index contributed by atoms with van der Waals surface area (Å²) in [6.07, 6.45) is 4.08. The summed E-state index contributed by atoms with van der Waals surface area (Å²) in [6, 6.07) is 2.59. The van der Waals surface area contributed by atoms with Gasteiger partial charge in [-0.1, -0.05) is 11.6 Å². The number of hydrogen-bond donors (Lipinski definition) is 1. The molecule has 2 fully saturated rings. The molecule has 3 heterocycles. The third-order valence-corrected chi connectivity index (χ3v) is 5.40. The molecule has 1 N–H and O–H groups in total. The number of rotatable bonds is 5. The monoisotopic (exact) mass is 335 g/mol. The van der Waals surface area contributed by atoms with E-state index >= 15 is 0 Å². The van der Waals surface area contributed by atoms with E-state index in [9.17, 15) is 0 Å². The summed E-state index contributed by atoms with van der Waals surface area (Å²) in [4.78, 5) is 6.86. The van der Waals surface area contributed by atoms with Crippen molar-refractivity contribution in [1.29, 1.82) is 0 Å². The number of methoxy groups -OCH3 is 1. The van der Waals surface area contributed by atoms with Gasteiger partial charge >= 0.3 is 0 Å². The minimum Gasteiger partial charge on any atom is -0.383 e. The molecule has 2 aromatic rings. The molecular formula is C16H22ClN5O. The second-order valence-electron chi connectivity index (χ2n) is 6.90. The van der Waals surface area contributed by atoms with E-state index in [1.165, 1.54) is 12.8 Å². The van der Waals surface area contributed by atoms with Gasteiger partial charge in [0.15, 0.2) is 5.82 Å². The van der Waals surface area contributed by atoms with Crippen molar-refractivity contribution in [3.63, 3.8) is 0 Å². The van der Waals surface area contributed by atoms with Gasteiger partial charge in [-0.3, -0.25) is 0 Å². The number of anilines is 1. The van der Waals surface area contributed by atoms with Crippen LogP contribution in [0.2, 0.25) is 5.15 Å². The minimum atomic E-state index is 0.469. The molecular weight excluding hydrogens is 314 g/mol. The second kappa shape index (κ2) is 5.61. The quantitative estimate of drug-likeness (QED) is 0.846. The van der Waals surface area contributed by atoms with E-state index in [2.05, 4.69) is 27.2 Å². The zero-order chi connectivity index (χ0) is 16.0. The van der Waals surface area contributed by atoms with Gasteiger partial charge in [-0.05, 0) is 31.4 Å². The fourth-order valence-electron chi connectivity index (χ4n) is 4.06. The van der Waals surface area contributed by atoms with Crippen LogP contribution in [0.3, 0.4) is 0 Å². The van der Waals surface area contributed by atoms with Gasteiger partial charge in [0, 0.05) is 38.2 Å². The number of ether oxygens (including phenoxy) is 1. The summed E-state index contributed by atoms with van der Waals surface area (Å²) >= 11 is 6.23. The van der Waals surface area contributed by atoms with E-state index < -0.39 is 0 Å². The van der Waals surface area contributed by atoms with Crippen LogP contribution in [0.15, 0.2) is 12.4 Å². The summed E-state index contributed by atoms with van der Waals surface area (Å²) in [6.45, 7) is 5.93. The Morgan fingerprint density at radius 2 is 2.22 bits per heavy atom. The van der Waals surface area contributed by atoms with Crippen molar-refractivity contribution in [3.05, 3.63) is 23.1 Å². The molecule has 2 aromatic heterocycles. The smallest absolute Gasteiger partial charge is 0.156 e. The van der Waals surface area contributed by atoms with E-state index in [-0.39, 0.29) is 0 Å². The lowest BCUT2D eigenvalue weighted by molar-refractivity contribution is 0.0444. The summed E-state index contributed by atoms with van der Waals surface area (Å²) < 4.78 is 6.86. The molecule has 1 saturated heterocycles. The summed E-state index contributed by atoms with van der Waals surface area (Å²) in [5, 5.41) is 8.44. The van der Waals surface area contributed by atoms with Gasteiger partial charge in [0.1, 0.15) is 17.0 Å². The van der Waals surface area contributed by atoms with Gasteiger partial charge in [-0.15, -0.1) is 0 Å². The maximum Gasteiger partial charge on any atom is 0.156 e. The fraction of sp³-hybridized carbons (Fsp3) is 0.625. The second-order valence-corrected chi connectivity index (χ2v) is 7.29. The van der Waals surface area contributed by atoms with Crippen LogP contribution < -0.4 is 10.2 Å². The number of halogens is 1. The molecule has 0 unspecified atom stereocenters. The van der Waals surface area contributed by atoms with Gasteiger partial charge < -0.3 is 15.0 Å². The summed E-state index contributed by atoms with van der Waals surface area (Å²) in [5.74, 6) is 1.01. The zero-order valence-electron chi connectivity index (χ0n) is 13.5. The third-order valence-electron chi connectivity index (χ3n) is 5.13.